The topological polar surface area (TPSA) is 108 Å². The number of hydrogen-bond donors (Lipinski definition) is 1. The molecular weight excluding hydrogens is 918 g/mol. The number of carbonyl (C=O) groups excluding carboxylic acids is 2. The van der Waals surface area contributed by atoms with Gasteiger partial charge in [-0.1, -0.05) is 199 Å². The summed E-state index contributed by atoms with van der Waals surface area (Å²) in [5.41, 5.74) is 0. The number of ether oxygens (including phenoxy) is 2. The summed E-state index contributed by atoms with van der Waals surface area (Å²) in [5.74, 6) is -0.853. The average Bonchev–Trinajstić information content (AvgIpc) is 3.34. The van der Waals surface area contributed by atoms with Crippen LogP contribution in [0.4, 0.5) is 0 Å². The zero-order valence-corrected chi connectivity index (χ0v) is 47.0. The largest absolute Gasteiger partial charge is 0.472 e. The van der Waals surface area contributed by atoms with E-state index in [1.165, 1.54) is 25.7 Å². The average molecular weight is 1020 g/mol. The minimum absolute atomic E-state index is 0.0158. The zero-order valence-electron chi connectivity index (χ0n) is 46.1. The molecule has 2 atom stereocenters. The third-order valence-electron chi connectivity index (χ3n) is 11.2. The second-order valence-corrected chi connectivity index (χ2v) is 20.7. The standard InChI is InChI=1S/C62H102NO8P/c1-6-8-10-12-14-16-18-20-22-24-26-27-28-29-30-31-32-33-34-35-37-39-41-43-45-47-49-51-53-55-62(65)71-60(59-70-72(66,67)69-57-56-63(3,4)5)58-68-61(64)54-52-50-48-46-44-42-40-38-36-25-23-21-19-17-15-13-11-9-7-2/h8,10,14-17,20-23,26-27,29-30,32-33,35-38,41,43,60H,6-7,9,11-13,18-19,24-25,28,31,34,39-40,42,44-59H2,1-5H3/p+1/b10-8-,16-14-,17-15-,22-20-,23-21-,27-26-,30-29-,33-32-,37-35-,38-36-,43-41-. The van der Waals surface area contributed by atoms with Crippen LogP contribution in [0.3, 0.4) is 0 Å². The fourth-order valence-electron chi connectivity index (χ4n) is 6.86. The lowest BCUT2D eigenvalue weighted by atomic mass is 10.1. The molecule has 0 aromatic carbocycles. The number of esters is 2. The van der Waals surface area contributed by atoms with Gasteiger partial charge in [0.1, 0.15) is 19.8 Å². The maximum Gasteiger partial charge on any atom is 0.472 e. The molecule has 0 saturated carbocycles. The first-order chi connectivity index (χ1) is 35.0. The second-order valence-electron chi connectivity index (χ2n) is 19.2. The third-order valence-corrected chi connectivity index (χ3v) is 12.1. The van der Waals surface area contributed by atoms with Gasteiger partial charge in [-0.3, -0.25) is 18.6 Å². The maximum absolute atomic E-state index is 12.8. The van der Waals surface area contributed by atoms with E-state index in [1.807, 2.05) is 21.1 Å². The molecule has 1 N–H and O–H groups in total. The smallest absolute Gasteiger partial charge is 0.462 e. The lowest BCUT2D eigenvalue weighted by Gasteiger charge is -2.24. The summed E-state index contributed by atoms with van der Waals surface area (Å²) in [7, 11) is 1.43. The second kappa shape index (κ2) is 52.0. The van der Waals surface area contributed by atoms with Gasteiger partial charge in [-0.05, 0) is 116 Å². The molecule has 0 aliphatic heterocycles. The van der Waals surface area contributed by atoms with Gasteiger partial charge in [-0.25, -0.2) is 4.57 Å². The molecule has 0 aromatic heterocycles. The predicted octanol–water partition coefficient (Wildman–Crippen LogP) is 17.4. The highest BCUT2D eigenvalue weighted by molar-refractivity contribution is 7.47. The fraction of sp³-hybridized carbons (Fsp3) is 0.613. The molecule has 0 rings (SSSR count). The SMILES string of the molecule is CC/C=C\C/C=C\C/C=C\C/C=C\C/C=C\C/C=C\C/C=C\C/C=C\CCCCCCC(=O)OC(COC(=O)CCCCCCCC/C=C\C/C=C\C/C=C\CCCCC)COP(=O)(O)OCC[N+](C)(C)C. The molecule has 2 unspecified atom stereocenters. The highest BCUT2D eigenvalue weighted by Gasteiger charge is 2.27. The Kier molecular flexibility index (Phi) is 49.2. The Bertz CT molecular complexity index is 1670. The summed E-state index contributed by atoms with van der Waals surface area (Å²) in [6.07, 6.45) is 75.1. The highest BCUT2D eigenvalue weighted by atomic mass is 31.2. The lowest BCUT2D eigenvalue weighted by molar-refractivity contribution is -0.870. The van der Waals surface area contributed by atoms with Gasteiger partial charge in [0.25, 0.3) is 0 Å². The van der Waals surface area contributed by atoms with Crippen LogP contribution in [0.5, 0.6) is 0 Å². The van der Waals surface area contributed by atoms with Gasteiger partial charge < -0.3 is 18.9 Å². The fourth-order valence-corrected chi connectivity index (χ4v) is 7.60. The number of hydrogen-bond acceptors (Lipinski definition) is 7. The van der Waals surface area contributed by atoms with Crippen molar-refractivity contribution in [2.75, 3.05) is 47.5 Å². The Morgan fingerprint density at radius 3 is 1.18 bits per heavy atom. The number of likely N-dealkylation sites (N-methyl/N-ethyl adjacent to an activating group) is 1. The molecule has 0 spiro atoms. The van der Waals surface area contributed by atoms with Gasteiger partial charge in [0.2, 0.25) is 0 Å². The van der Waals surface area contributed by atoms with Crippen molar-refractivity contribution in [3.8, 4) is 0 Å². The van der Waals surface area contributed by atoms with Crippen molar-refractivity contribution in [1.82, 2.24) is 0 Å². The molecule has 0 bridgehead atoms. The van der Waals surface area contributed by atoms with Gasteiger partial charge >= 0.3 is 19.8 Å². The Hall–Kier alpha value is -3.85. The zero-order chi connectivity index (χ0) is 52.7. The molecule has 0 saturated heterocycles. The first-order valence-electron chi connectivity index (χ1n) is 27.9. The first-order valence-corrected chi connectivity index (χ1v) is 29.4. The van der Waals surface area contributed by atoms with E-state index in [-0.39, 0.29) is 26.1 Å². The van der Waals surface area contributed by atoms with E-state index in [0.29, 0.717) is 23.9 Å². The Morgan fingerprint density at radius 2 is 0.792 bits per heavy atom. The van der Waals surface area contributed by atoms with Crippen LogP contribution in [0.25, 0.3) is 0 Å². The van der Waals surface area contributed by atoms with Gasteiger partial charge in [-0.2, -0.15) is 0 Å². The Morgan fingerprint density at radius 1 is 0.444 bits per heavy atom. The van der Waals surface area contributed by atoms with E-state index >= 15 is 0 Å². The summed E-state index contributed by atoms with van der Waals surface area (Å²) < 4.78 is 34.5. The van der Waals surface area contributed by atoms with Gasteiger partial charge in [0.05, 0.1) is 27.7 Å². The molecule has 0 radical (unpaired) electrons. The van der Waals surface area contributed by atoms with Crippen LogP contribution >= 0.6 is 7.82 Å². The van der Waals surface area contributed by atoms with Crippen molar-refractivity contribution in [2.24, 2.45) is 0 Å². The summed E-state index contributed by atoms with van der Waals surface area (Å²) in [6.45, 7) is 4.22. The molecule has 0 heterocycles. The van der Waals surface area contributed by atoms with Gasteiger partial charge in [0.15, 0.2) is 6.10 Å². The molecule has 9 nitrogen and oxygen atoms in total. The van der Waals surface area contributed by atoms with Crippen molar-refractivity contribution in [2.45, 2.75) is 200 Å². The lowest BCUT2D eigenvalue weighted by Crippen LogP contribution is -2.37. The van der Waals surface area contributed by atoms with Crippen LogP contribution in [-0.2, 0) is 32.7 Å². The van der Waals surface area contributed by atoms with E-state index in [2.05, 4.69) is 148 Å². The highest BCUT2D eigenvalue weighted by Crippen LogP contribution is 2.43. The monoisotopic (exact) mass is 1020 g/mol. The number of unbranched alkanes of at least 4 members (excludes halogenated alkanes) is 13. The van der Waals surface area contributed by atoms with E-state index < -0.39 is 32.5 Å². The van der Waals surface area contributed by atoms with Crippen LogP contribution < -0.4 is 0 Å². The quantitative estimate of drug-likeness (QED) is 0.0211. The Balaban J connectivity index is 4.33. The number of allylic oxidation sites excluding steroid dienone is 22. The predicted molar refractivity (Wildman–Crippen MR) is 307 cm³/mol. The van der Waals surface area contributed by atoms with Crippen LogP contribution in [-0.4, -0.2) is 74.9 Å². The normalized spacial score (nSPS) is 14.4. The first kappa shape index (κ1) is 68.2. The van der Waals surface area contributed by atoms with Gasteiger partial charge in [-0.15, -0.1) is 0 Å². The van der Waals surface area contributed by atoms with Crippen LogP contribution in [0.15, 0.2) is 134 Å². The molecule has 0 aromatic rings. The minimum Gasteiger partial charge on any atom is -0.462 e. The van der Waals surface area contributed by atoms with Crippen molar-refractivity contribution < 1.29 is 42.1 Å². The van der Waals surface area contributed by atoms with E-state index in [0.717, 1.165) is 128 Å². The number of carbonyl (C=O) groups is 2. The van der Waals surface area contributed by atoms with Crippen molar-refractivity contribution in [3.63, 3.8) is 0 Å². The van der Waals surface area contributed by atoms with Crippen molar-refractivity contribution in [3.05, 3.63) is 134 Å². The molecule has 10 heteroatoms. The molecule has 408 valence electrons. The summed E-state index contributed by atoms with van der Waals surface area (Å²) >= 11 is 0. The number of nitrogens with zero attached hydrogens (tertiary/aromatic N) is 1. The molecule has 0 aliphatic carbocycles. The van der Waals surface area contributed by atoms with E-state index in [9.17, 15) is 19.0 Å². The number of rotatable bonds is 49. The maximum atomic E-state index is 12.8. The Labute approximate surface area is 441 Å². The van der Waals surface area contributed by atoms with Crippen LogP contribution in [0, 0.1) is 0 Å². The molecule has 0 amide bonds. The van der Waals surface area contributed by atoms with Crippen molar-refractivity contribution in [1.29, 1.82) is 0 Å². The number of quaternary nitrogens is 1. The van der Waals surface area contributed by atoms with Crippen molar-refractivity contribution >= 4 is 19.8 Å². The molecule has 0 fully saturated rings. The summed E-state index contributed by atoms with van der Waals surface area (Å²) in [5, 5.41) is 0. The molecular formula is C62H103NO8P+. The summed E-state index contributed by atoms with van der Waals surface area (Å²) in [4.78, 5) is 35.6. The third kappa shape index (κ3) is 55.5. The minimum atomic E-state index is -4.41. The van der Waals surface area contributed by atoms with Crippen LogP contribution in [0.2, 0.25) is 0 Å². The summed E-state index contributed by atoms with van der Waals surface area (Å²) in [6, 6.07) is 0. The number of phosphoric acid groups is 1. The molecule has 0 aliphatic rings. The number of phosphoric ester groups is 1. The van der Waals surface area contributed by atoms with E-state index in [1.54, 1.807) is 0 Å². The molecule has 72 heavy (non-hydrogen) atoms. The van der Waals surface area contributed by atoms with E-state index in [4.69, 9.17) is 18.5 Å². The van der Waals surface area contributed by atoms with Gasteiger partial charge in [0, 0.05) is 12.8 Å². The van der Waals surface area contributed by atoms with Crippen LogP contribution in [0.1, 0.15) is 194 Å².